The molecule has 5 rings (SSSR count). The number of hydrogen-bond donors (Lipinski definition) is 0. The van der Waals surface area contributed by atoms with E-state index in [0.29, 0.717) is 38.2 Å². The van der Waals surface area contributed by atoms with Crippen molar-refractivity contribution >= 4 is 22.7 Å². The van der Waals surface area contributed by atoms with Crippen molar-refractivity contribution in [2.75, 3.05) is 19.7 Å². The molecule has 2 aromatic carbocycles. The lowest BCUT2D eigenvalue weighted by molar-refractivity contribution is -0.133. The third-order valence-electron chi connectivity index (χ3n) is 5.93. The number of amides is 2. The highest BCUT2D eigenvalue weighted by atomic mass is 16.5. The van der Waals surface area contributed by atoms with Gasteiger partial charge in [-0.2, -0.15) is 0 Å². The zero-order valence-electron chi connectivity index (χ0n) is 16.6. The first kappa shape index (κ1) is 18.8. The van der Waals surface area contributed by atoms with Crippen molar-refractivity contribution in [3.8, 4) is 0 Å². The molecule has 2 atom stereocenters. The van der Waals surface area contributed by atoms with Crippen LogP contribution in [0.1, 0.15) is 22.3 Å². The summed E-state index contributed by atoms with van der Waals surface area (Å²) in [7, 11) is 0. The van der Waals surface area contributed by atoms with E-state index in [-0.39, 0.29) is 24.0 Å². The maximum absolute atomic E-state index is 13.2. The fraction of sp³-hybridized carbons (Fsp3) is 0.292. The van der Waals surface area contributed by atoms with E-state index in [4.69, 9.17) is 4.74 Å². The predicted molar refractivity (Wildman–Crippen MR) is 113 cm³/mol. The van der Waals surface area contributed by atoms with Crippen molar-refractivity contribution < 1.29 is 14.3 Å². The summed E-state index contributed by atoms with van der Waals surface area (Å²) < 4.78 is 5.98. The van der Waals surface area contributed by atoms with E-state index < -0.39 is 0 Å². The zero-order valence-corrected chi connectivity index (χ0v) is 16.6. The molecule has 2 amide bonds. The molecule has 0 spiro atoms. The molecule has 0 aliphatic carbocycles. The molecule has 3 heterocycles. The van der Waals surface area contributed by atoms with E-state index in [9.17, 15) is 9.59 Å². The first-order valence-electron chi connectivity index (χ1n) is 10.3. The number of likely N-dealkylation sites (tertiary alicyclic amines) is 1. The van der Waals surface area contributed by atoms with Crippen LogP contribution in [0.15, 0.2) is 66.9 Å². The Labute approximate surface area is 175 Å². The maximum atomic E-state index is 13.2. The van der Waals surface area contributed by atoms with Gasteiger partial charge in [0.2, 0.25) is 5.91 Å². The minimum atomic E-state index is -0.169. The normalized spacial score (nSPS) is 21.5. The maximum Gasteiger partial charge on any atom is 0.255 e. The van der Waals surface area contributed by atoms with Gasteiger partial charge in [0.05, 0.1) is 36.3 Å². The molecule has 0 radical (unpaired) electrons. The standard InChI is InChI=1S/C24H23N3O3/c28-23-10-11-30-22-16-26(15-21(22)27(23)14-17-6-2-1-3-7-17)24(29)19-12-18-8-4-5-9-20(18)25-13-19/h1-9,12-13,21-22H,10-11,14-16H2/t21-,22-/m0/s1. The summed E-state index contributed by atoms with van der Waals surface area (Å²) in [6.45, 7) is 1.87. The van der Waals surface area contributed by atoms with Crippen molar-refractivity contribution in [1.29, 1.82) is 0 Å². The molecule has 2 saturated heterocycles. The van der Waals surface area contributed by atoms with Gasteiger partial charge in [-0.05, 0) is 17.7 Å². The molecule has 152 valence electrons. The molecular formula is C24H23N3O3. The highest BCUT2D eigenvalue weighted by Crippen LogP contribution is 2.26. The summed E-state index contributed by atoms with van der Waals surface area (Å²) in [5.41, 5.74) is 2.50. The third kappa shape index (κ3) is 3.55. The first-order chi connectivity index (χ1) is 14.7. The van der Waals surface area contributed by atoms with Crippen molar-refractivity contribution in [2.45, 2.75) is 25.1 Å². The van der Waals surface area contributed by atoms with Gasteiger partial charge in [0.15, 0.2) is 0 Å². The minimum Gasteiger partial charge on any atom is -0.374 e. The van der Waals surface area contributed by atoms with Gasteiger partial charge < -0.3 is 14.5 Å². The molecule has 0 unspecified atom stereocenters. The zero-order chi connectivity index (χ0) is 20.5. The smallest absolute Gasteiger partial charge is 0.255 e. The molecule has 0 N–H and O–H groups in total. The van der Waals surface area contributed by atoms with Crippen LogP contribution in [-0.2, 0) is 16.1 Å². The quantitative estimate of drug-likeness (QED) is 0.677. The lowest BCUT2D eigenvalue weighted by atomic mass is 10.1. The van der Waals surface area contributed by atoms with Crippen LogP contribution in [-0.4, -0.2) is 58.4 Å². The lowest BCUT2D eigenvalue weighted by Gasteiger charge is -2.29. The Kier molecular flexibility index (Phi) is 4.93. The predicted octanol–water partition coefficient (Wildman–Crippen LogP) is 2.88. The summed E-state index contributed by atoms with van der Waals surface area (Å²) in [6.07, 6.45) is 1.84. The Morgan fingerprint density at radius 1 is 1.07 bits per heavy atom. The minimum absolute atomic E-state index is 0.0722. The van der Waals surface area contributed by atoms with E-state index >= 15 is 0 Å². The van der Waals surface area contributed by atoms with Gasteiger partial charge in [-0.1, -0.05) is 48.5 Å². The van der Waals surface area contributed by atoms with Gasteiger partial charge in [-0.15, -0.1) is 0 Å². The van der Waals surface area contributed by atoms with Crippen LogP contribution in [0.2, 0.25) is 0 Å². The van der Waals surface area contributed by atoms with Crippen molar-refractivity contribution in [3.05, 3.63) is 78.0 Å². The molecule has 2 aliphatic rings. The molecule has 0 bridgehead atoms. The van der Waals surface area contributed by atoms with Crippen LogP contribution in [0.5, 0.6) is 0 Å². The fourth-order valence-electron chi connectivity index (χ4n) is 4.37. The molecule has 2 aliphatic heterocycles. The van der Waals surface area contributed by atoms with Gasteiger partial charge in [-0.25, -0.2) is 0 Å². The second-order valence-electron chi connectivity index (χ2n) is 7.86. The Hall–Kier alpha value is -3.25. The first-order valence-corrected chi connectivity index (χ1v) is 10.3. The number of hydrogen-bond acceptors (Lipinski definition) is 4. The topological polar surface area (TPSA) is 62.7 Å². The number of benzene rings is 2. The largest absolute Gasteiger partial charge is 0.374 e. The molecule has 1 aromatic heterocycles. The van der Waals surface area contributed by atoms with Crippen molar-refractivity contribution in [3.63, 3.8) is 0 Å². The van der Waals surface area contributed by atoms with Gasteiger partial charge in [0, 0.05) is 31.2 Å². The summed E-state index contributed by atoms with van der Waals surface area (Å²) in [5, 5.41) is 0.939. The number of rotatable bonds is 3. The average Bonchev–Trinajstić information content (AvgIpc) is 3.15. The van der Waals surface area contributed by atoms with Crippen LogP contribution in [0, 0.1) is 0 Å². The Balaban J connectivity index is 1.38. The summed E-state index contributed by atoms with van der Waals surface area (Å²) in [4.78, 5) is 34.1. The van der Waals surface area contributed by atoms with Gasteiger partial charge >= 0.3 is 0 Å². The molecule has 6 heteroatoms. The van der Waals surface area contributed by atoms with Gasteiger partial charge in [0.1, 0.15) is 0 Å². The monoisotopic (exact) mass is 401 g/mol. The number of aromatic nitrogens is 1. The number of para-hydroxylation sites is 1. The van der Waals surface area contributed by atoms with Crippen LogP contribution in [0.4, 0.5) is 0 Å². The Bertz CT molecular complexity index is 1090. The van der Waals surface area contributed by atoms with Crippen LogP contribution in [0.3, 0.4) is 0 Å². The SMILES string of the molecule is O=C(c1cnc2ccccc2c1)N1C[C@@H]2OCCC(=O)N(Cc3ccccc3)[C@H]2C1. The van der Waals surface area contributed by atoms with E-state index in [1.54, 1.807) is 11.1 Å². The van der Waals surface area contributed by atoms with Crippen molar-refractivity contribution in [1.82, 2.24) is 14.8 Å². The molecule has 3 aromatic rings. The summed E-state index contributed by atoms with van der Waals surface area (Å²) in [5.74, 6) is 0.00469. The number of carbonyl (C=O) groups excluding carboxylic acids is 2. The van der Waals surface area contributed by atoms with Gasteiger partial charge in [0.25, 0.3) is 5.91 Å². The summed E-state index contributed by atoms with van der Waals surface area (Å²) in [6, 6.07) is 19.4. The Morgan fingerprint density at radius 3 is 2.73 bits per heavy atom. The van der Waals surface area contributed by atoms with Crippen LogP contribution >= 0.6 is 0 Å². The second-order valence-corrected chi connectivity index (χ2v) is 7.86. The number of ether oxygens (including phenoxy) is 1. The highest BCUT2D eigenvalue weighted by molar-refractivity contribution is 5.97. The number of fused-ring (bicyclic) bond motifs is 2. The van der Waals surface area contributed by atoms with E-state index in [0.717, 1.165) is 16.5 Å². The van der Waals surface area contributed by atoms with Crippen LogP contribution < -0.4 is 0 Å². The summed E-state index contributed by atoms with van der Waals surface area (Å²) >= 11 is 0. The number of carbonyl (C=O) groups is 2. The number of nitrogens with zero attached hydrogens (tertiary/aromatic N) is 3. The van der Waals surface area contributed by atoms with Gasteiger partial charge in [-0.3, -0.25) is 14.6 Å². The molecule has 0 saturated carbocycles. The van der Waals surface area contributed by atoms with E-state index in [1.165, 1.54) is 0 Å². The van der Waals surface area contributed by atoms with Crippen LogP contribution in [0.25, 0.3) is 10.9 Å². The molecule has 30 heavy (non-hydrogen) atoms. The van der Waals surface area contributed by atoms with Crippen molar-refractivity contribution in [2.24, 2.45) is 0 Å². The Morgan fingerprint density at radius 2 is 1.87 bits per heavy atom. The molecular weight excluding hydrogens is 378 g/mol. The lowest BCUT2D eigenvalue weighted by Crippen LogP contribution is -2.45. The number of pyridine rings is 1. The third-order valence-corrected chi connectivity index (χ3v) is 5.93. The molecule has 6 nitrogen and oxygen atoms in total. The molecule has 2 fully saturated rings. The van der Waals surface area contributed by atoms with E-state index in [2.05, 4.69) is 4.98 Å². The van der Waals surface area contributed by atoms with E-state index in [1.807, 2.05) is 65.6 Å². The highest BCUT2D eigenvalue weighted by Gasteiger charge is 2.43. The average molecular weight is 401 g/mol. The fourth-order valence-corrected chi connectivity index (χ4v) is 4.37. The second kappa shape index (κ2) is 7.88.